The molecule has 4 fully saturated rings. The minimum atomic E-state index is -5.94. The maximum Gasteiger partial charge on any atom is 0.508 e. The second-order valence-electron chi connectivity index (χ2n) is 14.7. The third-order valence-electron chi connectivity index (χ3n) is 9.16. The van der Waals surface area contributed by atoms with E-state index >= 15 is 0 Å². The lowest BCUT2D eigenvalue weighted by Crippen LogP contribution is -2.52. The zero-order chi connectivity index (χ0) is 30.4. The van der Waals surface area contributed by atoms with Crippen molar-refractivity contribution in [3.05, 3.63) is 0 Å². The van der Waals surface area contributed by atoms with Gasteiger partial charge in [-0.15, -0.1) is 0 Å². The molecule has 8 unspecified atom stereocenters. The molecule has 4 bridgehead atoms. The number of ether oxygens (including phenoxy) is 3. The average molecular weight is 625 g/mol. The molecule has 0 spiro atoms. The van der Waals surface area contributed by atoms with Gasteiger partial charge in [0.1, 0.15) is 5.60 Å². The molecule has 4 rings (SSSR count). The van der Waals surface area contributed by atoms with Gasteiger partial charge in [0.2, 0.25) is 0 Å². The summed E-state index contributed by atoms with van der Waals surface area (Å²) in [5.41, 5.74) is -1.03. The van der Waals surface area contributed by atoms with E-state index in [1.807, 2.05) is 0 Å². The fourth-order valence-electron chi connectivity index (χ4n) is 8.74. The van der Waals surface area contributed by atoms with E-state index in [-0.39, 0.29) is 36.4 Å². The van der Waals surface area contributed by atoms with Crippen LogP contribution in [0.4, 0.5) is 13.6 Å². The molecule has 41 heavy (non-hydrogen) atoms. The molecule has 0 saturated heterocycles. The van der Waals surface area contributed by atoms with E-state index < -0.39 is 53.9 Å². The quantitative estimate of drug-likeness (QED) is 0.182. The van der Waals surface area contributed by atoms with Crippen molar-refractivity contribution >= 4 is 30.6 Å². The van der Waals surface area contributed by atoms with Crippen LogP contribution in [0.15, 0.2) is 0 Å². The zero-order valence-electron chi connectivity index (χ0n) is 24.8. The lowest BCUT2D eigenvalue weighted by atomic mass is 9.62. The number of halogens is 2. The Labute approximate surface area is 243 Å². The molecule has 0 amide bonds. The average Bonchev–Trinajstić information content (AvgIpc) is 2.77. The second kappa shape index (κ2) is 11.6. The van der Waals surface area contributed by atoms with Crippen LogP contribution >= 0.6 is 0 Å². The fraction of sp³-hybridized carbons (Fsp3) is 0.929. The second-order valence-corrected chi connectivity index (χ2v) is 20.6. The standard InChI is InChI=1S/C28H46F2O9SSi/c1-18-6-20-8-22(16-36-24(31)28(29,30)40(33,34)35)14-26(10-18,12-20)38-25(32)37-17-23-9-21-7-19(2)11-27(13-21,15-23)39-41(3,4)5/h18-23H,6-17H2,1-5H3,(H,33,34,35). The Morgan fingerprint density at radius 2 is 1.32 bits per heavy atom. The van der Waals surface area contributed by atoms with Gasteiger partial charge in [-0.1, -0.05) is 13.8 Å². The van der Waals surface area contributed by atoms with Gasteiger partial charge in [0.05, 0.1) is 18.8 Å². The summed E-state index contributed by atoms with van der Waals surface area (Å²) >= 11 is 0. The third-order valence-corrected chi connectivity index (χ3v) is 11.0. The molecule has 0 heterocycles. The Hall–Kier alpha value is -1.31. The summed E-state index contributed by atoms with van der Waals surface area (Å²) < 4.78 is 80.7. The first-order chi connectivity index (χ1) is 18.8. The molecule has 1 N–H and O–H groups in total. The monoisotopic (exact) mass is 624 g/mol. The van der Waals surface area contributed by atoms with E-state index in [0.29, 0.717) is 31.1 Å². The highest BCUT2D eigenvalue weighted by Gasteiger charge is 2.55. The van der Waals surface area contributed by atoms with Crippen LogP contribution < -0.4 is 0 Å². The smallest absolute Gasteiger partial charge is 0.460 e. The van der Waals surface area contributed by atoms with Crippen LogP contribution in [0.25, 0.3) is 0 Å². The van der Waals surface area contributed by atoms with Crippen LogP contribution in [0.3, 0.4) is 0 Å². The Kier molecular flexibility index (Phi) is 9.26. The Balaban J connectivity index is 1.35. The summed E-state index contributed by atoms with van der Waals surface area (Å²) in [5.74, 6) is -0.994. The number of rotatable bonds is 9. The van der Waals surface area contributed by atoms with E-state index in [1.54, 1.807) is 0 Å². The molecule has 0 aliphatic heterocycles. The highest BCUT2D eigenvalue weighted by atomic mass is 32.2. The summed E-state index contributed by atoms with van der Waals surface area (Å²) in [6.07, 6.45) is 7.22. The SMILES string of the molecule is CC1CC2CC(COC(=O)C(F)(F)S(=O)(=O)O)CC(OC(=O)OCC3CC4CC(C)CC(O[Si](C)(C)C)(C3)C4)(C1)C2. The molecule has 0 radical (unpaired) electrons. The van der Waals surface area contributed by atoms with Crippen molar-refractivity contribution in [3.8, 4) is 0 Å². The van der Waals surface area contributed by atoms with Gasteiger partial charge in [0.15, 0.2) is 8.32 Å². The first-order valence-corrected chi connectivity index (χ1v) is 19.7. The topological polar surface area (TPSA) is 125 Å². The number of alkyl halides is 2. The molecular weight excluding hydrogens is 578 g/mol. The molecule has 0 aromatic heterocycles. The van der Waals surface area contributed by atoms with Gasteiger partial charge in [-0.25, -0.2) is 9.59 Å². The van der Waals surface area contributed by atoms with Crippen LogP contribution in [0, 0.1) is 35.5 Å². The predicted molar refractivity (Wildman–Crippen MR) is 148 cm³/mol. The summed E-state index contributed by atoms with van der Waals surface area (Å²) in [6, 6.07) is 0. The summed E-state index contributed by atoms with van der Waals surface area (Å²) in [7, 11) is -7.72. The number of carbonyl (C=O) groups is 2. The molecule has 13 heteroatoms. The Morgan fingerprint density at radius 3 is 1.85 bits per heavy atom. The normalized spacial score (nSPS) is 37.7. The molecule has 4 aliphatic rings. The molecule has 8 atom stereocenters. The predicted octanol–water partition coefficient (Wildman–Crippen LogP) is 6.18. The number of hydrogen-bond donors (Lipinski definition) is 1. The number of fused-ring (bicyclic) bond motifs is 4. The number of esters is 1. The summed E-state index contributed by atoms with van der Waals surface area (Å²) in [4.78, 5) is 24.7. The first kappa shape index (κ1) is 32.6. The lowest BCUT2D eigenvalue weighted by Gasteiger charge is -2.52. The van der Waals surface area contributed by atoms with Crippen molar-refractivity contribution < 1.29 is 50.0 Å². The molecule has 236 valence electrons. The maximum absolute atomic E-state index is 13.6. The van der Waals surface area contributed by atoms with Crippen molar-refractivity contribution in [3.63, 3.8) is 0 Å². The number of carbonyl (C=O) groups excluding carboxylic acids is 2. The molecular formula is C28H46F2O9SSi. The van der Waals surface area contributed by atoms with Gasteiger partial charge in [-0.3, -0.25) is 4.55 Å². The largest absolute Gasteiger partial charge is 0.508 e. The van der Waals surface area contributed by atoms with Crippen LogP contribution in [0.2, 0.25) is 19.6 Å². The van der Waals surface area contributed by atoms with Crippen molar-refractivity contribution in [1.82, 2.24) is 0 Å². The minimum absolute atomic E-state index is 0.129. The van der Waals surface area contributed by atoms with E-state index in [0.717, 1.165) is 38.5 Å². The number of hydrogen-bond acceptors (Lipinski definition) is 8. The molecule has 4 aliphatic carbocycles. The van der Waals surface area contributed by atoms with Crippen molar-refractivity contribution in [2.24, 2.45) is 35.5 Å². The van der Waals surface area contributed by atoms with Crippen molar-refractivity contribution in [2.45, 2.75) is 114 Å². The molecule has 0 aromatic rings. The Bertz CT molecular complexity index is 1090. The summed E-state index contributed by atoms with van der Waals surface area (Å²) in [5, 5.41) is -5.04. The van der Waals surface area contributed by atoms with Crippen LogP contribution in [-0.2, 0) is 33.5 Å². The van der Waals surface area contributed by atoms with Crippen molar-refractivity contribution in [1.29, 1.82) is 0 Å². The van der Waals surface area contributed by atoms with Gasteiger partial charge in [0, 0.05) is 0 Å². The van der Waals surface area contributed by atoms with E-state index in [2.05, 4.69) is 38.2 Å². The van der Waals surface area contributed by atoms with E-state index in [1.165, 1.54) is 0 Å². The van der Waals surface area contributed by atoms with Crippen LogP contribution in [-0.4, -0.2) is 63.1 Å². The van der Waals surface area contributed by atoms with Gasteiger partial charge >= 0.3 is 27.5 Å². The van der Waals surface area contributed by atoms with E-state index in [4.69, 9.17) is 18.5 Å². The highest BCUT2D eigenvalue weighted by molar-refractivity contribution is 7.87. The molecule has 4 saturated carbocycles. The van der Waals surface area contributed by atoms with E-state index in [9.17, 15) is 26.8 Å². The van der Waals surface area contributed by atoms with Gasteiger partial charge in [-0.2, -0.15) is 17.2 Å². The van der Waals surface area contributed by atoms with Crippen LogP contribution in [0.5, 0.6) is 0 Å². The van der Waals surface area contributed by atoms with Gasteiger partial charge < -0.3 is 18.6 Å². The van der Waals surface area contributed by atoms with Gasteiger partial charge in [0.25, 0.3) is 0 Å². The zero-order valence-corrected chi connectivity index (χ0v) is 26.6. The fourth-order valence-corrected chi connectivity index (χ4v) is 10.6. The lowest BCUT2D eigenvalue weighted by molar-refractivity contribution is -0.167. The highest BCUT2D eigenvalue weighted by Crippen LogP contribution is 2.52. The van der Waals surface area contributed by atoms with Crippen LogP contribution in [0.1, 0.15) is 78.1 Å². The minimum Gasteiger partial charge on any atom is -0.460 e. The van der Waals surface area contributed by atoms with Crippen molar-refractivity contribution in [2.75, 3.05) is 13.2 Å². The first-order valence-electron chi connectivity index (χ1n) is 14.9. The summed E-state index contributed by atoms with van der Waals surface area (Å²) in [6.45, 7) is 10.8. The van der Waals surface area contributed by atoms with Gasteiger partial charge in [-0.05, 0) is 119 Å². The Morgan fingerprint density at radius 1 is 0.829 bits per heavy atom. The molecule has 9 nitrogen and oxygen atoms in total. The molecule has 0 aromatic carbocycles. The third kappa shape index (κ3) is 8.00. The maximum atomic E-state index is 13.6.